The molecule has 1 aromatic carbocycles. The Morgan fingerprint density at radius 1 is 1.33 bits per heavy atom. The molecule has 2 aromatic rings. The molecule has 0 saturated carbocycles. The second-order valence-electron chi connectivity index (χ2n) is 4.24. The van der Waals surface area contributed by atoms with Crippen LogP contribution in [0.4, 0.5) is 5.69 Å². The van der Waals surface area contributed by atoms with Crippen LogP contribution in [0, 0.1) is 6.92 Å². The molecule has 0 radical (unpaired) electrons. The lowest BCUT2D eigenvalue weighted by Crippen LogP contribution is -2.25. The molecule has 18 heavy (non-hydrogen) atoms. The second-order valence-corrected chi connectivity index (χ2v) is 4.24. The Balaban J connectivity index is 2.07. The fraction of sp³-hybridized carbons (Fsp3) is 0.143. The highest BCUT2D eigenvalue weighted by atomic mass is 16.5. The van der Waals surface area contributed by atoms with Gasteiger partial charge in [-0.3, -0.25) is 9.78 Å². The molecule has 0 fully saturated rings. The van der Waals surface area contributed by atoms with Gasteiger partial charge < -0.3 is 10.1 Å². The third kappa shape index (κ3) is 1.82. The van der Waals surface area contributed by atoms with Gasteiger partial charge in [0.2, 0.25) is 0 Å². The van der Waals surface area contributed by atoms with E-state index in [0.29, 0.717) is 11.4 Å². The number of aryl methyl sites for hydroxylation is 1. The topological polar surface area (TPSA) is 51.2 Å². The van der Waals surface area contributed by atoms with Crippen LogP contribution in [-0.2, 0) is 4.79 Å². The highest BCUT2D eigenvalue weighted by Crippen LogP contribution is 2.33. The predicted octanol–water partition coefficient (Wildman–Crippen LogP) is 2.39. The lowest BCUT2D eigenvalue weighted by atomic mass is 10.0. The molecule has 0 bridgehead atoms. The first-order valence-corrected chi connectivity index (χ1v) is 5.72. The van der Waals surface area contributed by atoms with Gasteiger partial charge in [-0.1, -0.05) is 6.07 Å². The number of carbonyl (C=O) groups excluding carboxylic acids is 1. The molecular weight excluding hydrogens is 228 g/mol. The molecule has 1 N–H and O–H groups in total. The summed E-state index contributed by atoms with van der Waals surface area (Å²) in [5.74, 6) is 0.586. The summed E-state index contributed by atoms with van der Waals surface area (Å²) in [6.07, 6.45) is 3.59. The van der Waals surface area contributed by atoms with E-state index in [9.17, 15) is 4.79 Å². The summed E-state index contributed by atoms with van der Waals surface area (Å²) < 4.78 is 5.33. The van der Waals surface area contributed by atoms with E-state index in [2.05, 4.69) is 10.3 Å². The van der Waals surface area contributed by atoms with Crippen LogP contribution in [0.2, 0.25) is 0 Å². The Morgan fingerprint density at radius 2 is 2.22 bits per heavy atom. The molecule has 1 aliphatic heterocycles. The van der Waals surface area contributed by atoms with Crippen molar-refractivity contribution in [2.45, 2.75) is 6.92 Å². The summed E-state index contributed by atoms with van der Waals surface area (Å²) >= 11 is 0. The van der Waals surface area contributed by atoms with Gasteiger partial charge in [-0.25, -0.2) is 0 Å². The molecule has 1 aliphatic rings. The molecule has 4 nitrogen and oxygen atoms in total. The van der Waals surface area contributed by atoms with Crippen molar-refractivity contribution in [1.82, 2.24) is 4.98 Å². The number of hydrogen-bond donors (Lipinski definition) is 1. The molecule has 1 aromatic heterocycles. The number of amides is 1. The maximum atomic E-state index is 11.3. The Labute approximate surface area is 105 Å². The summed E-state index contributed by atoms with van der Waals surface area (Å²) in [5.41, 5.74) is 3.94. The van der Waals surface area contributed by atoms with Crippen LogP contribution < -0.4 is 10.1 Å². The number of pyridine rings is 1. The second kappa shape index (κ2) is 4.14. The summed E-state index contributed by atoms with van der Waals surface area (Å²) in [6.45, 7) is 2.11. The third-order valence-corrected chi connectivity index (χ3v) is 2.96. The van der Waals surface area contributed by atoms with Gasteiger partial charge in [0.25, 0.3) is 5.91 Å². The number of ether oxygens (including phenoxy) is 1. The number of fused-ring (bicyclic) bond motifs is 1. The monoisotopic (exact) mass is 240 g/mol. The SMILES string of the molecule is Cc1ccncc1-c1ccc2c(c1)NC(=O)CO2. The third-order valence-electron chi connectivity index (χ3n) is 2.96. The molecule has 0 saturated heterocycles. The first-order chi connectivity index (χ1) is 8.74. The molecule has 3 rings (SSSR count). The van der Waals surface area contributed by atoms with Crippen LogP contribution in [0.15, 0.2) is 36.7 Å². The van der Waals surface area contributed by atoms with Crippen molar-refractivity contribution in [1.29, 1.82) is 0 Å². The van der Waals surface area contributed by atoms with Gasteiger partial charge in [-0.15, -0.1) is 0 Å². The minimum Gasteiger partial charge on any atom is -0.482 e. The van der Waals surface area contributed by atoms with Crippen molar-refractivity contribution >= 4 is 11.6 Å². The van der Waals surface area contributed by atoms with Crippen LogP contribution >= 0.6 is 0 Å². The molecule has 2 heterocycles. The number of nitrogens with zero attached hydrogens (tertiary/aromatic N) is 1. The Kier molecular flexibility index (Phi) is 2.48. The molecule has 90 valence electrons. The van der Waals surface area contributed by atoms with Gasteiger partial charge in [-0.05, 0) is 36.2 Å². The number of aromatic nitrogens is 1. The van der Waals surface area contributed by atoms with Crippen LogP contribution in [0.3, 0.4) is 0 Å². The van der Waals surface area contributed by atoms with E-state index in [1.54, 1.807) is 6.20 Å². The van der Waals surface area contributed by atoms with Crippen molar-refractivity contribution in [2.75, 3.05) is 11.9 Å². The summed E-state index contributed by atoms with van der Waals surface area (Å²) in [7, 11) is 0. The average molecular weight is 240 g/mol. The number of anilines is 1. The minimum absolute atomic E-state index is 0.0816. The summed E-state index contributed by atoms with van der Waals surface area (Å²) in [4.78, 5) is 15.4. The molecule has 1 amide bonds. The van der Waals surface area contributed by atoms with E-state index in [0.717, 1.165) is 16.7 Å². The molecule has 4 heteroatoms. The van der Waals surface area contributed by atoms with E-state index < -0.39 is 0 Å². The van der Waals surface area contributed by atoms with E-state index in [1.165, 1.54) is 0 Å². The van der Waals surface area contributed by atoms with Crippen LogP contribution in [0.1, 0.15) is 5.56 Å². The largest absolute Gasteiger partial charge is 0.482 e. The normalized spacial score (nSPS) is 13.5. The zero-order valence-corrected chi connectivity index (χ0v) is 9.93. The standard InChI is InChI=1S/C14H12N2O2/c1-9-4-5-15-7-11(9)10-2-3-13-12(6-10)16-14(17)8-18-13/h2-7H,8H2,1H3,(H,16,17). The zero-order chi connectivity index (χ0) is 12.5. The summed E-state index contributed by atoms with van der Waals surface area (Å²) in [5, 5.41) is 2.81. The van der Waals surface area contributed by atoms with Gasteiger partial charge in [0.05, 0.1) is 5.69 Å². The average Bonchev–Trinajstić information content (AvgIpc) is 2.38. The summed E-state index contributed by atoms with van der Waals surface area (Å²) in [6, 6.07) is 7.72. The fourth-order valence-electron chi connectivity index (χ4n) is 2.02. The van der Waals surface area contributed by atoms with E-state index >= 15 is 0 Å². The fourth-order valence-corrected chi connectivity index (χ4v) is 2.02. The minimum atomic E-state index is -0.123. The molecular formula is C14H12N2O2. The first-order valence-electron chi connectivity index (χ1n) is 5.72. The zero-order valence-electron chi connectivity index (χ0n) is 9.93. The Morgan fingerprint density at radius 3 is 3.06 bits per heavy atom. The number of benzene rings is 1. The van der Waals surface area contributed by atoms with E-state index in [-0.39, 0.29) is 12.5 Å². The number of carbonyl (C=O) groups is 1. The van der Waals surface area contributed by atoms with Gasteiger partial charge in [0.1, 0.15) is 5.75 Å². The van der Waals surface area contributed by atoms with Crippen LogP contribution in [-0.4, -0.2) is 17.5 Å². The van der Waals surface area contributed by atoms with Crippen molar-refractivity contribution in [3.8, 4) is 16.9 Å². The predicted molar refractivity (Wildman–Crippen MR) is 68.5 cm³/mol. The van der Waals surface area contributed by atoms with E-state index in [4.69, 9.17) is 4.74 Å². The highest BCUT2D eigenvalue weighted by molar-refractivity contribution is 5.96. The quantitative estimate of drug-likeness (QED) is 0.832. The van der Waals surface area contributed by atoms with Crippen LogP contribution in [0.25, 0.3) is 11.1 Å². The Bertz CT molecular complexity index is 623. The first kappa shape index (κ1) is 10.8. The molecule has 0 aliphatic carbocycles. The maximum Gasteiger partial charge on any atom is 0.262 e. The smallest absolute Gasteiger partial charge is 0.262 e. The van der Waals surface area contributed by atoms with Gasteiger partial charge in [0.15, 0.2) is 6.61 Å². The van der Waals surface area contributed by atoms with Gasteiger partial charge >= 0.3 is 0 Å². The molecule has 0 atom stereocenters. The van der Waals surface area contributed by atoms with Crippen molar-refractivity contribution in [3.05, 3.63) is 42.2 Å². The number of hydrogen-bond acceptors (Lipinski definition) is 3. The van der Waals surface area contributed by atoms with Crippen molar-refractivity contribution in [3.63, 3.8) is 0 Å². The highest BCUT2D eigenvalue weighted by Gasteiger charge is 2.16. The van der Waals surface area contributed by atoms with Gasteiger partial charge in [-0.2, -0.15) is 0 Å². The van der Waals surface area contributed by atoms with E-state index in [1.807, 2.05) is 37.4 Å². The Hall–Kier alpha value is -2.36. The van der Waals surface area contributed by atoms with Gasteiger partial charge in [0, 0.05) is 18.0 Å². The number of rotatable bonds is 1. The van der Waals surface area contributed by atoms with Crippen LogP contribution in [0.5, 0.6) is 5.75 Å². The molecule has 0 unspecified atom stereocenters. The lowest BCUT2D eigenvalue weighted by molar-refractivity contribution is -0.118. The van der Waals surface area contributed by atoms with Crippen molar-refractivity contribution < 1.29 is 9.53 Å². The maximum absolute atomic E-state index is 11.3. The number of nitrogens with one attached hydrogen (secondary N) is 1. The van der Waals surface area contributed by atoms with Crippen molar-refractivity contribution in [2.24, 2.45) is 0 Å². The lowest BCUT2D eigenvalue weighted by Gasteiger charge is -2.18. The molecule has 0 spiro atoms.